The number of nitrogens with two attached hydrogens (primary N) is 1. The maximum Gasteiger partial charge on any atom is 0.126 e. The van der Waals surface area contributed by atoms with Crippen molar-refractivity contribution in [2.45, 2.75) is 39.5 Å². The second kappa shape index (κ2) is 4.71. The minimum Gasteiger partial charge on any atom is -0.493 e. The van der Waals surface area contributed by atoms with Gasteiger partial charge in [0.2, 0.25) is 0 Å². The van der Waals surface area contributed by atoms with E-state index in [2.05, 4.69) is 20.8 Å². The second-order valence-corrected chi connectivity index (χ2v) is 5.94. The summed E-state index contributed by atoms with van der Waals surface area (Å²) in [5.74, 6) is 3.11. The van der Waals surface area contributed by atoms with E-state index in [1.807, 2.05) is 0 Å². The molecule has 0 saturated heterocycles. The fourth-order valence-electron chi connectivity index (χ4n) is 3.49. The van der Waals surface area contributed by atoms with Gasteiger partial charge in [0.25, 0.3) is 0 Å². The van der Waals surface area contributed by atoms with Crippen LogP contribution in [0.15, 0.2) is 0 Å². The summed E-state index contributed by atoms with van der Waals surface area (Å²) in [7, 11) is 0. The standard InChI is InChI=1S/C16H23NO2/c1-9(2)13(8-17)14-12-5-7-18-15(12)10(3)11-4-6-19-16(11)14/h9,13H,4-8,17H2,1-3H3. The monoisotopic (exact) mass is 261 g/mol. The largest absolute Gasteiger partial charge is 0.493 e. The predicted molar refractivity (Wildman–Crippen MR) is 76.2 cm³/mol. The van der Waals surface area contributed by atoms with Crippen LogP contribution in [-0.4, -0.2) is 19.8 Å². The van der Waals surface area contributed by atoms with E-state index in [0.29, 0.717) is 18.4 Å². The van der Waals surface area contributed by atoms with E-state index in [1.54, 1.807) is 0 Å². The number of hydrogen-bond donors (Lipinski definition) is 1. The molecule has 2 aliphatic heterocycles. The molecule has 3 rings (SSSR count). The van der Waals surface area contributed by atoms with Gasteiger partial charge in [-0.15, -0.1) is 0 Å². The Morgan fingerprint density at radius 3 is 2.32 bits per heavy atom. The van der Waals surface area contributed by atoms with Gasteiger partial charge in [0.1, 0.15) is 11.5 Å². The van der Waals surface area contributed by atoms with Crippen LogP contribution in [0.5, 0.6) is 11.5 Å². The molecule has 1 aromatic carbocycles. The van der Waals surface area contributed by atoms with Gasteiger partial charge in [-0.2, -0.15) is 0 Å². The van der Waals surface area contributed by atoms with E-state index in [9.17, 15) is 0 Å². The van der Waals surface area contributed by atoms with Crippen LogP contribution in [0.2, 0.25) is 0 Å². The summed E-state index contributed by atoms with van der Waals surface area (Å²) in [5.41, 5.74) is 11.3. The summed E-state index contributed by atoms with van der Waals surface area (Å²) in [5, 5.41) is 0. The molecule has 0 fully saturated rings. The molecule has 2 heterocycles. The van der Waals surface area contributed by atoms with Crippen molar-refractivity contribution in [2.75, 3.05) is 19.8 Å². The zero-order valence-corrected chi connectivity index (χ0v) is 12.1. The first-order valence-electron chi connectivity index (χ1n) is 7.29. The lowest BCUT2D eigenvalue weighted by molar-refractivity contribution is 0.346. The first kappa shape index (κ1) is 12.8. The highest BCUT2D eigenvalue weighted by atomic mass is 16.5. The minimum atomic E-state index is 0.364. The van der Waals surface area contributed by atoms with Crippen LogP contribution in [0.1, 0.15) is 42.0 Å². The molecule has 0 bridgehead atoms. The molecule has 1 aromatic rings. The molecule has 0 radical (unpaired) electrons. The number of fused-ring (bicyclic) bond motifs is 2. The van der Waals surface area contributed by atoms with Crippen LogP contribution in [0.3, 0.4) is 0 Å². The van der Waals surface area contributed by atoms with Gasteiger partial charge in [-0.25, -0.2) is 0 Å². The van der Waals surface area contributed by atoms with Crippen LogP contribution < -0.4 is 15.2 Å². The summed E-state index contributed by atoms with van der Waals surface area (Å²) in [4.78, 5) is 0. The van der Waals surface area contributed by atoms with E-state index >= 15 is 0 Å². The van der Waals surface area contributed by atoms with E-state index < -0.39 is 0 Å². The molecule has 1 atom stereocenters. The van der Waals surface area contributed by atoms with Crippen molar-refractivity contribution in [2.24, 2.45) is 11.7 Å². The van der Waals surface area contributed by atoms with Crippen molar-refractivity contribution in [3.63, 3.8) is 0 Å². The van der Waals surface area contributed by atoms with Crippen molar-refractivity contribution in [3.05, 3.63) is 22.3 Å². The topological polar surface area (TPSA) is 44.5 Å². The predicted octanol–water partition coefficient (Wildman–Crippen LogP) is 2.56. The lowest BCUT2D eigenvalue weighted by Gasteiger charge is -2.25. The first-order valence-corrected chi connectivity index (χ1v) is 7.29. The smallest absolute Gasteiger partial charge is 0.126 e. The highest BCUT2D eigenvalue weighted by molar-refractivity contribution is 5.62. The lowest BCUT2D eigenvalue weighted by Crippen LogP contribution is -2.20. The maximum absolute atomic E-state index is 6.04. The molecule has 0 aliphatic carbocycles. The maximum atomic E-state index is 6.04. The second-order valence-electron chi connectivity index (χ2n) is 5.94. The van der Waals surface area contributed by atoms with Gasteiger partial charge >= 0.3 is 0 Å². The molecular weight excluding hydrogens is 238 g/mol. The van der Waals surface area contributed by atoms with Gasteiger partial charge in [-0.3, -0.25) is 0 Å². The normalized spacial score (nSPS) is 17.9. The Morgan fingerprint density at radius 2 is 1.68 bits per heavy atom. The highest BCUT2D eigenvalue weighted by Gasteiger charge is 2.33. The van der Waals surface area contributed by atoms with Crippen molar-refractivity contribution in [1.82, 2.24) is 0 Å². The van der Waals surface area contributed by atoms with E-state index in [0.717, 1.165) is 37.6 Å². The third kappa shape index (κ3) is 1.83. The molecular formula is C16H23NO2. The summed E-state index contributed by atoms with van der Waals surface area (Å²) in [6, 6.07) is 0. The SMILES string of the molecule is Cc1c2c(c(C(CN)C(C)C)c3c1OCC3)OCC2. The van der Waals surface area contributed by atoms with Crippen molar-refractivity contribution >= 4 is 0 Å². The Morgan fingerprint density at radius 1 is 1.05 bits per heavy atom. The molecule has 3 nitrogen and oxygen atoms in total. The van der Waals surface area contributed by atoms with Crippen LogP contribution in [0.25, 0.3) is 0 Å². The van der Waals surface area contributed by atoms with E-state index in [4.69, 9.17) is 15.2 Å². The molecule has 0 aromatic heterocycles. The Kier molecular flexibility index (Phi) is 3.17. The Labute approximate surface area is 115 Å². The number of rotatable bonds is 3. The van der Waals surface area contributed by atoms with Gasteiger partial charge < -0.3 is 15.2 Å². The summed E-state index contributed by atoms with van der Waals surface area (Å²) in [6.07, 6.45) is 1.99. The summed E-state index contributed by atoms with van der Waals surface area (Å²) >= 11 is 0. The zero-order valence-electron chi connectivity index (χ0n) is 12.1. The number of benzene rings is 1. The van der Waals surface area contributed by atoms with Gasteiger partial charge in [-0.1, -0.05) is 13.8 Å². The Bertz CT molecular complexity index is 473. The van der Waals surface area contributed by atoms with Gasteiger partial charge in [0.15, 0.2) is 0 Å². The molecule has 0 spiro atoms. The quantitative estimate of drug-likeness (QED) is 0.909. The van der Waals surface area contributed by atoms with Crippen molar-refractivity contribution < 1.29 is 9.47 Å². The summed E-state index contributed by atoms with van der Waals surface area (Å²) in [6.45, 7) is 8.89. The van der Waals surface area contributed by atoms with Crippen LogP contribution in [-0.2, 0) is 12.8 Å². The van der Waals surface area contributed by atoms with Gasteiger partial charge in [-0.05, 0) is 24.9 Å². The molecule has 1 unspecified atom stereocenters. The lowest BCUT2D eigenvalue weighted by atomic mass is 9.82. The molecule has 0 saturated carbocycles. The molecule has 104 valence electrons. The average molecular weight is 261 g/mol. The van der Waals surface area contributed by atoms with Crippen LogP contribution in [0.4, 0.5) is 0 Å². The van der Waals surface area contributed by atoms with Gasteiger partial charge in [0.05, 0.1) is 13.2 Å². The molecule has 2 N–H and O–H groups in total. The molecule has 19 heavy (non-hydrogen) atoms. The van der Waals surface area contributed by atoms with E-state index in [-0.39, 0.29) is 0 Å². The molecule has 2 aliphatic rings. The van der Waals surface area contributed by atoms with Crippen LogP contribution >= 0.6 is 0 Å². The Balaban J connectivity index is 2.23. The fourth-order valence-corrected chi connectivity index (χ4v) is 3.49. The van der Waals surface area contributed by atoms with Gasteiger partial charge in [0, 0.05) is 35.4 Å². The first-order chi connectivity index (χ1) is 9.15. The average Bonchev–Trinajstić information content (AvgIpc) is 3.02. The van der Waals surface area contributed by atoms with Crippen molar-refractivity contribution in [3.8, 4) is 11.5 Å². The number of ether oxygens (including phenoxy) is 2. The third-order valence-corrected chi connectivity index (χ3v) is 4.54. The molecule has 3 heteroatoms. The zero-order chi connectivity index (χ0) is 13.6. The van der Waals surface area contributed by atoms with Crippen molar-refractivity contribution in [1.29, 1.82) is 0 Å². The number of hydrogen-bond acceptors (Lipinski definition) is 3. The molecule has 0 amide bonds. The third-order valence-electron chi connectivity index (χ3n) is 4.54. The Hall–Kier alpha value is -1.22. The minimum absolute atomic E-state index is 0.364. The fraction of sp³-hybridized carbons (Fsp3) is 0.625. The highest BCUT2D eigenvalue weighted by Crippen LogP contribution is 2.48. The van der Waals surface area contributed by atoms with E-state index in [1.165, 1.54) is 22.3 Å². The summed E-state index contributed by atoms with van der Waals surface area (Å²) < 4.78 is 11.8. The van der Waals surface area contributed by atoms with Crippen LogP contribution in [0, 0.1) is 12.8 Å².